The minimum atomic E-state index is -0.493. The number of fused-ring (bicyclic) bond motifs is 1. The first-order valence-electron chi connectivity index (χ1n) is 11.0. The molecule has 2 aliphatic heterocycles. The van der Waals surface area contributed by atoms with Gasteiger partial charge in [-0.1, -0.05) is 19.1 Å². The van der Waals surface area contributed by atoms with Gasteiger partial charge in [-0.15, -0.1) is 5.10 Å². The van der Waals surface area contributed by atoms with Gasteiger partial charge in [-0.05, 0) is 24.8 Å². The fourth-order valence-corrected chi connectivity index (χ4v) is 4.28. The van der Waals surface area contributed by atoms with E-state index in [4.69, 9.17) is 9.47 Å². The van der Waals surface area contributed by atoms with E-state index in [-0.39, 0.29) is 11.8 Å². The third-order valence-electron chi connectivity index (χ3n) is 5.94. The van der Waals surface area contributed by atoms with E-state index in [1.807, 2.05) is 23.4 Å². The first-order valence-corrected chi connectivity index (χ1v) is 11.0. The van der Waals surface area contributed by atoms with Crippen molar-refractivity contribution in [1.29, 1.82) is 0 Å². The maximum atomic E-state index is 13.0. The Morgan fingerprint density at radius 3 is 2.88 bits per heavy atom. The van der Waals surface area contributed by atoms with Gasteiger partial charge >= 0.3 is 0 Å². The number of carbonyl (C=O) groups excluding carboxylic acids is 2. The molecule has 0 aromatic carbocycles. The van der Waals surface area contributed by atoms with E-state index in [0.29, 0.717) is 56.6 Å². The highest BCUT2D eigenvalue weighted by molar-refractivity contribution is 5.94. The average Bonchev–Trinajstić information content (AvgIpc) is 3.18. The van der Waals surface area contributed by atoms with Gasteiger partial charge in [-0.25, -0.2) is 9.67 Å². The summed E-state index contributed by atoms with van der Waals surface area (Å²) in [6.45, 7) is 6.40. The number of methoxy groups -OCH3 is 1. The van der Waals surface area contributed by atoms with Crippen molar-refractivity contribution in [1.82, 2.24) is 30.2 Å². The zero-order chi connectivity index (χ0) is 22.7. The summed E-state index contributed by atoms with van der Waals surface area (Å²) >= 11 is 0. The predicted octanol–water partition coefficient (Wildman–Crippen LogP) is 1.55. The quantitative estimate of drug-likeness (QED) is 0.722. The molecule has 172 valence electrons. The molecule has 1 spiro atoms. The van der Waals surface area contributed by atoms with Gasteiger partial charge in [0.05, 0.1) is 44.6 Å². The van der Waals surface area contributed by atoms with Gasteiger partial charge in [0.15, 0.2) is 0 Å². The molecule has 10 heteroatoms. The molecule has 0 saturated carbocycles. The van der Waals surface area contributed by atoms with E-state index in [1.54, 1.807) is 25.4 Å². The number of nitrogens with zero attached hydrogens (tertiary/aromatic N) is 5. The van der Waals surface area contributed by atoms with Gasteiger partial charge in [0.2, 0.25) is 11.8 Å². The largest absolute Gasteiger partial charge is 0.481 e. The number of amides is 2. The van der Waals surface area contributed by atoms with Gasteiger partial charge in [-0.3, -0.25) is 9.59 Å². The Bertz CT molecular complexity index is 973. The number of likely N-dealkylation sites (tertiary alicyclic amines) is 1. The highest BCUT2D eigenvalue weighted by atomic mass is 16.5. The molecule has 1 saturated heterocycles. The fourth-order valence-electron chi connectivity index (χ4n) is 4.28. The van der Waals surface area contributed by atoms with Crippen LogP contribution in [-0.2, 0) is 29.2 Å². The molecular formula is C22H30N6O4. The van der Waals surface area contributed by atoms with Gasteiger partial charge in [0.1, 0.15) is 11.3 Å². The molecule has 2 amide bonds. The van der Waals surface area contributed by atoms with Gasteiger partial charge in [0.25, 0.3) is 5.91 Å². The highest BCUT2D eigenvalue weighted by Gasteiger charge is 2.42. The number of nitrogens with one attached hydrogen (secondary N) is 1. The first kappa shape index (κ1) is 22.2. The summed E-state index contributed by atoms with van der Waals surface area (Å²) in [5.74, 6) is 0.713. The molecule has 2 aromatic rings. The van der Waals surface area contributed by atoms with Crippen molar-refractivity contribution in [3.05, 3.63) is 35.3 Å². The number of piperidine rings is 1. The number of rotatable bonds is 6. The Labute approximate surface area is 187 Å². The lowest BCUT2D eigenvalue weighted by molar-refractivity contribution is -0.123. The van der Waals surface area contributed by atoms with Crippen molar-refractivity contribution in [2.45, 2.75) is 58.4 Å². The Hall–Kier alpha value is -3.01. The van der Waals surface area contributed by atoms with Crippen molar-refractivity contribution >= 4 is 11.8 Å². The minimum absolute atomic E-state index is 0.00408. The number of carbonyl (C=O) groups is 2. The SMILES string of the molecule is COc1ccc(C(=O)N2CCCC3(C2)Cn2nnc(CNC(=O)CC(C)C)c2CO3)cn1. The number of pyridine rings is 1. The van der Waals surface area contributed by atoms with Crippen molar-refractivity contribution in [2.24, 2.45) is 5.92 Å². The molecule has 32 heavy (non-hydrogen) atoms. The van der Waals surface area contributed by atoms with Crippen LogP contribution >= 0.6 is 0 Å². The molecule has 0 aliphatic carbocycles. The van der Waals surface area contributed by atoms with E-state index >= 15 is 0 Å². The Morgan fingerprint density at radius 1 is 1.31 bits per heavy atom. The van der Waals surface area contributed by atoms with Crippen LogP contribution in [0.5, 0.6) is 5.88 Å². The molecule has 4 heterocycles. The van der Waals surface area contributed by atoms with Crippen molar-refractivity contribution in [2.75, 3.05) is 20.2 Å². The number of ether oxygens (including phenoxy) is 2. The lowest BCUT2D eigenvalue weighted by atomic mass is 9.91. The fraction of sp³-hybridized carbons (Fsp3) is 0.591. The smallest absolute Gasteiger partial charge is 0.255 e. The van der Waals surface area contributed by atoms with Crippen LogP contribution in [0.4, 0.5) is 0 Å². The molecule has 1 N–H and O–H groups in total. The van der Waals surface area contributed by atoms with Crippen LogP contribution < -0.4 is 10.1 Å². The van der Waals surface area contributed by atoms with Crippen molar-refractivity contribution in [3.63, 3.8) is 0 Å². The van der Waals surface area contributed by atoms with E-state index in [2.05, 4.69) is 20.6 Å². The molecule has 10 nitrogen and oxygen atoms in total. The molecule has 2 aromatic heterocycles. The summed E-state index contributed by atoms with van der Waals surface area (Å²) in [5.41, 5.74) is 1.64. The van der Waals surface area contributed by atoms with Crippen LogP contribution in [0.3, 0.4) is 0 Å². The lowest BCUT2D eigenvalue weighted by Gasteiger charge is -2.44. The van der Waals surface area contributed by atoms with E-state index in [0.717, 1.165) is 24.2 Å². The van der Waals surface area contributed by atoms with Crippen molar-refractivity contribution < 1.29 is 19.1 Å². The van der Waals surface area contributed by atoms with Crippen molar-refractivity contribution in [3.8, 4) is 5.88 Å². The molecule has 1 unspecified atom stereocenters. The monoisotopic (exact) mass is 442 g/mol. The molecule has 0 bridgehead atoms. The maximum absolute atomic E-state index is 13.0. The first-order chi connectivity index (χ1) is 15.4. The van der Waals surface area contributed by atoms with E-state index in [1.165, 1.54) is 0 Å². The molecule has 1 atom stereocenters. The maximum Gasteiger partial charge on any atom is 0.255 e. The van der Waals surface area contributed by atoms with Crippen LogP contribution in [0.25, 0.3) is 0 Å². The Kier molecular flexibility index (Phi) is 6.40. The van der Waals surface area contributed by atoms with E-state index in [9.17, 15) is 9.59 Å². The van der Waals surface area contributed by atoms with Crippen LogP contribution in [-0.4, -0.2) is 62.5 Å². The number of hydrogen-bond donors (Lipinski definition) is 1. The second-order valence-electron chi connectivity index (χ2n) is 8.91. The highest BCUT2D eigenvalue weighted by Crippen LogP contribution is 2.33. The summed E-state index contributed by atoms with van der Waals surface area (Å²) in [4.78, 5) is 30.9. The topological polar surface area (TPSA) is 111 Å². The van der Waals surface area contributed by atoms with Crippen LogP contribution in [0.15, 0.2) is 18.3 Å². The van der Waals surface area contributed by atoms with E-state index < -0.39 is 5.60 Å². The van der Waals surface area contributed by atoms with Gasteiger partial charge < -0.3 is 19.7 Å². The number of aromatic nitrogens is 4. The molecular weight excluding hydrogens is 412 g/mol. The summed E-state index contributed by atoms with van der Waals surface area (Å²) in [7, 11) is 1.54. The normalized spacial score (nSPS) is 20.3. The molecule has 2 aliphatic rings. The van der Waals surface area contributed by atoms with Crippen LogP contribution in [0, 0.1) is 5.92 Å². The lowest BCUT2D eigenvalue weighted by Crippen LogP contribution is -2.55. The third kappa shape index (κ3) is 4.74. The van der Waals surface area contributed by atoms with Gasteiger partial charge in [-0.2, -0.15) is 0 Å². The zero-order valence-electron chi connectivity index (χ0n) is 18.8. The molecule has 1 fully saturated rings. The average molecular weight is 443 g/mol. The van der Waals surface area contributed by atoms with Crippen LogP contribution in [0.2, 0.25) is 0 Å². The third-order valence-corrected chi connectivity index (χ3v) is 5.94. The molecule has 4 rings (SSSR count). The molecule has 0 radical (unpaired) electrons. The summed E-state index contributed by atoms with van der Waals surface area (Å²) < 4.78 is 13.2. The minimum Gasteiger partial charge on any atom is -0.481 e. The Morgan fingerprint density at radius 2 is 2.16 bits per heavy atom. The second-order valence-corrected chi connectivity index (χ2v) is 8.91. The second kappa shape index (κ2) is 9.23. The zero-order valence-corrected chi connectivity index (χ0v) is 18.8. The standard InChI is InChI=1S/C22H30N6O4/c1-15(2)9-19(29)23-11-17-18-12-32-22(14-28(18)26-25-17)7-4-8-27(13-22)21(30)16-5-6-20(31-3)24-10-16/h5-6,10,15H,4,7-9,11-14H2,1-3H3,(H,23,29). The predicted molar refractivity (Wildman–Crippen MR) is 115 cm³/mol. The Balaban J connectivity index is 1.41. The van der Waals surface area contributed by atoms with Gasteiger partial charge in [0, 0.05) is 25.2 Å². The summed E-state index contributed by atoms with van der Waals surface area (Å²) in [6.07, 6.45) is 3.71. The van der Waals surface area contributed by atoms with Crippen LogP contribution in [0.1, 0.15) is 54.9 Å². The summed E-state index contributed by atoms with van der Waals surface area (Å²) in [5, 5.41) is 11.5. The summed E-state index contributed by atoms with van der Waals surface area (Å²) in [6, 6.07) is 3.42. The number of hydrogen-bond acceptors (Lipinski definition) is 7.